The van der Waals surface area contributed by atoms with Gasteiger partial charge < -0.3 is 10.6 Å². The van der Waals surface area contributed by atoms with Crippen LogP contribution in [-0.4, -0.2) is 34.8 Å². The van der Waals surface area contributed by atoms with Crippen LogP contribution >= 0.6 is 11.3 Å². The number of nitrogens with zero attached hydrogens (tertiary/aromatic N) is 2. The van der Waals surface area contributed by atoms with Crippen molar-refractivity contribution >= 4 is 34.2 Å². The van der Waals surface area contributed by atoms with Gasteiger partial charge in [0.05, 0.1) is 5.56 Å². The highest BCUT2D eigenvalue weighted by Crippen LogP contribution is 2.54. The third-order valence-corrected chi connectivity index (χ3v) is 9.72. The molecule has 5 rings (SSSR count). The van der Waals surface area contributed by atoms with Gasteiger partial charge in [0.2, 0.25) is 5.91 Å². The van der Waals surface area contributed by atoms with Crippen molar-refractivity contribution in [3.05, 3.63) is 16.0 Å². The van der Waals surface area contributed by atoms with Gasteiger partial charge in [-0.1, -0.05) is 27.2 Å². The summed E-state index contributed by atoms with van der Waals surface area (Å²) in [6.45, 7) is 6.50. The standard InChI is InChI=1S/C25H32N4O3S/c1-4-24(2,3)16-9-10-17-18(12-26)21(33-19(17)11-16)27-20(30)13-29-22(31)25(14-5-6-14,15-7-8-15)28-23(29)32/h14-16H,4-11,13H2,1-3H3,(H,27,30)(H,28,32). The molecule has 33 heavy (non-hydrogen) atoms. The van der Waals surface area contributed by atoms with Crippen LogP contribution in [0.5, 0.6) is 0 Å². The lowest BCUT2D eigenvalue weighted by molar-refractivity contribution is -0.135. The Hall–Kier alpha value is -2.40. The highest BCUT2D eigenvalue weighted by molar-refractivity contribution is 7.16. The van der Waals surface area contributed by atoms with Gasteiger partial charge in [0.15, 0.2) is 0 Å². The van der Waals surface area contributed by atoms with Crippen molar-refractivity contribution in [2.75, 3.05) is 11.9 Å². The summed E-state index contributed by atoms with van der Waals surface area (Å²) in [6.07, 6.45) is 7.70. The highest BCUT2D eigenvalue weighted by Gasteiger charge is 2.65. The molecule has 1 saturated heterocycles. The molecule has 1 aromatic heterocycles. The molecule has 0 aromatic carbocycles. The number of imide groups is 1. The summed E-state index contributed by atoms with van der Waals surface area (Å²) in [5, 5.41) is 16.2. The third-order valence-electron chi connectivity index (χ3n) is 8.55. The van der Waals surface area contributed by atoms with Gasteiger partial charge in [-0.25, -0.2) is 4.79 Å². The number of hydrogen-bond donors (Lipinski definition) is 2. The molecule has 2 heterocycles. The molecular weight excluding hydrogens is 436 g/mol. The molecule has 2 saturated carbocycles. The van der Waals surface area contributed by atoms with E-state index in [1.54, 1.807) is 0 Å². The molecule has 0 spiro atoms. The quantitative estimate of drug-likeness (QED) is 0.585. The molecule has 1 unspecified atom stereocenters. The van der Waals surface area contributed by atoms with Crippen LogP contribution in [0.2, 0.25) is 0 Å². The number of carbonyl (C=O) groups is 3. The predicted molar refractivity (Wildman–Crippen MR) is 126 cm³/mol. The second-order valence-corrected chi connectivity index (χ2v) is 12.0. The summed E-state index contributed by atoms with van der Waals surface area (Å²) >= 11 is 1.48. The zero-order valence-corrected chi connectivity index (χ0v) is 20.4. The fourth-order valence-corrected chi connectivity index (χ4v) is 7.07. The van der Waals surface area contributed by atoms with Gasteiger partial charge in [-0.3, -0.25) is 14.5 Å². The van der Waals surface area contributed by atoms with E-state index >= 15 is 0 Å². The fraction of sp³-hybridized carbons (Fsp3) is 0.680. The molecule has 7 nitrogen and oxygen atoms in total. The molecule has 8 heteroatoms. The summed E-state index contributed by atoms with van der Waals surface area (Å²) in [6, 6.07) is 1.82. The molecule has 1 atom stereocenters. The summed E-state index contributed by atoms with van der Waals surface area (Å²) in [4.78, 5) is 41.1. The Balaban J connectivity index is 1.31. The molecule has 3 fully saturated rings. The second-order valence-electron chi connectivity index (χ2n) is 10.9. The summed E-state index contributed by atoms with van der Waals surface area (Å²) in [5.41, 5.74) is 1.03. The zero-order chi connectivity index (χ0) is 23.5. The molecule has 3 aliphatic carbocycles. The third kappa shape index (κ3) is 3.65. The minimum atomic E-state index is -0.793. The van der Waals surface area contributed by atoms with Crippen molar-refractivity contribution in [2.45, 2.75) is 77.7 Å². The lowest BCUT2D eigenvalue weighted by Gasteiger charge is -2.36. The van der Waals surface area contributed by atoms with E-state index in [2.05, 4.69) is 37.5 Å². The first kappa shape index (κ1) is 22.4. The van der Waals surface area contributed by atoms with E-state index < -0.39 is 17.5 Å². The van der Waals surface area contributed by atoms with Crippen molar-refractivity contribution < 1.29 is 14.4 Å². The topological polar surface area (TPSA) is 102 Å². The van der Waals surface area contributed by atoms with Crippen LogP contribution < -0.4 is 10.6 Å². The maximum atomic E-state index is 13.2. The first-order valence-corrected chi connectivity index (χ1v) is 13.0. The molecule has 1 aliphatic heterocycles. The van der Waals surface area contributed by atoms with E-state index in [0.717, 1.165) is 61.8 Å². The van der Waals surface area contributed by atoms with Crippen LogP contribution in [0.15, 0.2) is 0 Å². The van der Waals surface area contributed by atoms with E-state index in [9.17, 15) is 19.6 Å². The average molecular weight is 469 g/mol. The molecule has 4 aliphatic rings. The lowest BCUT2D eigenvalue weighted by Crippen LogP contribution is -2.51. The van der Waals surface area contributed by atoms with E-state index in [4.69, 9.17) is 0 Å². The summed E-state index contributed by atoms with van der Waals surface area (Å²) in [7, 11) is 0. The largest absolute Gasteiger partial charge is 0.325 e. The van der Waals surface area contributed by atoms with Crippen LogP contribution in [0.3, 0.4) is 0 Å². The number of hydrogen-bond acceptors (Lipinski definition) is 5. The number of nitrogens with one attached hydrogen (secondary N) is 2. The first-order valence-electron chi connectivity index (χ1n) is 12.2. The number of fused-ring (bicyclic) bond motifs is 1. The van der Waals surface area contributed by atoms with Crippen LogP contribution in [-0.2, 0) is 22.4 Å². The minimum Gasteiger partial charge on any atom is -0.323 e. The van der Waals surface area contributed by atoms with Crippen molar-refractivity contribution in [2.24, 2.45) is 23.2 Å². The average Bonchev–Trinajstić information content (AvgIpc) is 3.71. The van der Waals surface area contributed by atoms with Gasteiger partial charge in [-0.05, 0) is 73.7 Å². The summed E-state index contributed by atoms with van der Waals surface area (Å²) < 4.78 is 0. The number of nitriles is 1. The monoisotopic (exact) mass is 468 g/mol. The van der Waals surface area contributed by atoms with Gasteiger partial charge in [-0.15, -0.1) is 11.3 Å². The van der Waals surface area contributed by atoms with Gasteiger partial charge >= 0.3 is 6.03 Å². The fourth-order valence-electron chi connectivity index (χ4n) is 5.78. The summed E-state index contributed by atoms with van der Waals surface area (Å²) in [5.74, 6) is 0.269. The van der Waals surface area contributed by atoms with Gasteiger partial charge in [0.25, 0.3) is 5.91 Å². The lowest BCUT2D eigenvalue weighted by atomic mass is 9.69. The molecular formula is C25H32N4O3S. The van der Waals surface area contributed by atoms with Gasteiger partial charge in [0, 0.05) is 4.88 Å². The SMILES string of the molecule is CCC(C)(C)C1CCc2c(sc(NC(=O)CN3C(=O)NC(C4CC4)(C4CC4)C3=O)c2C#N)C1. The number of anilines is 1. The van der Waals surface area contributed by atoms with Gasteiger partial charge in [0.1, 0.15) is 23.2 Å². The number of thiophene rings is 1. The molecule has 1 aromatic rings. The molecule has 4 amide bonds. The predicted octanol–water partition coefficient (Wildman–Crippen LogP) is 4.21. The first-order chi connectivity index (χ1) is 15.7. The Kier molecular flexibility index (Phi) is 5.32. The Labute approximate surface area is 198 Å². The second kappa shape index (κ2) is 7.83. The van der Waals surface area contributed by atoms with E-state index in [-0.39, 0.29) is 29.7 Å². The molecule has 176 valence electrons. The van der Waals surface area contributed by atoms with Crippen molar-refractivity contribution in [3.63, 3.8) is 0 Å². The maximum absolute atomic E-state index is 13.2. The van der Waals surface area contributed by atoms with Crippen molar-refractivity contribution in [3.8, 4) is 6.07 Å². The number of amides is 4. The van der Waals surface area contributed by atoms with E-state index in [1.807, 2.05) is 0 Å². The number of carbonyl (C=O) groups excluding carboxylic acids is 3. The molecule has 0 bridgehead atoms. The maximum Gasteiger partial charge on any atom is 0.325 e. The Morgan fingerprint density at radius 2 is 1.91 bits per heavy atom. The van der Waals surface area contributed by atoms with Crippen LogP contribution in [0.1, 0.15) is 75.3 Å². The smallest absolute Gasteiger partial charge is 0.323 e. The van der Waals surface area contributed by atoms with Gasteiger partial charge in [-0.2, -0.15) is 5.26 Å². The molecule has 2 N–H and O–H groups in total. The highest BCUT2D eigenvalue weighted by atomic mass is 32.1. The Morgan fingerprint density at radius 3 is 2.48 bits per heavy atom. The van der Waals surface area contributed by atoms with E-state index in [1.165, 1.54) is 16.2 Å². The van der Waals surface area contributed by atoms with Crippen LogP contribution in [0.25, 0.3) is 0 Å². The Morgan fingerprint density at radius 1 is 1.24 bits per heavy atom. The normalized spacial score (nSPS) is 24.3. The van der Waals surface area contributed by atoms with Crippen molar-refractivity contribution in [1.82, 2.24) is 10.2 Å². The minimum absolute atomic E-state index is 0.198. The van der Waals surface area contributed by atoms with E-state index in [0.29, 0.717) is 16.5 Å². The number of rotatable bonds is 7. The van der Waals surface area contributed by atoms with Crippen molar-refractivity contribution in [1.29, 1.82) is 5.26 Å². The molecule has 0 radical (unpaired) electrons. The zero-order valence-electron chi connectivity index (χ0n) is 19.6. The number of urea groups is 1. The van der Waals surface area contributed by atoms with Crippen LogP contribution in [0.4, 0.5) is 9.80 Å². The Bertz CT molecular complexity index is 1050. The van der Waals surface area contributed by atoms with Crippen LogP contribution in [0, 0.1) is 34.5 Å².